The minimum absolute atomic E-state index is 0.0366. The molecule has 5 heteroatoms. The maximum Gasteiger partial charge on any atom is 0.224 e. The molecule has 0 fully saturated rings. The lowest BCUT2D eigenvalue weighted by molar-refractivity contribution is -0.120. The second-order valence-electron chi connectivity index (χ2n) is 5.87. The van der Waals surface area contributed by atoms with Gasteiger partial charge in [0, 0.05) is 23.6 Å². The molecule has 5 nitrogen and oxygen atoms in total. The second kappa shape index (κ2) is 7.85. The molecule has 0 atom stereocenters. The monoisotopic (exact) mass is 339 g/mol. The van der Waals surface area contributed by atoms with Gasteiger partial charge >= 0.3 is 0 Å². The van der Waals surface area contributed by atoms with Gasteiger partial charge in [0.2, 0.25) is 5.91 Å². The molecule has 0 saturated heterocycles. The predicted octanol–water partition coefficient (Wildman–Crippen LogP) is 2.84. The number of nitrogens with one attached hydrogen (secondary N) is 1. The summed E-state index contributed by atoms with van der Waals surface area (Å²) in [6, 6.07) is 13.3. The van der Waals surface area contributed by atoms with E-state index in [1.54, 1.807) is 13.4 Å². The third-order valence-electron chi connectivity index (χ3n) is 4.16. The normalized spacial score (nSPS) is 10.8. The molecule has 3 rings (SSSR count). The number of methoxy groups -OCH3 is 1. The number of aliphatic hydroxyl groups excluding tert-OH is 1. The molecule has 3 aromatic rings. The van der Waals surface area contributed by atoms with E-state index in [0.29, 0.717) is 12.1 Å². The highest BCUT2D eigenvalue weighted by Gasteiger charge is 2.11. The molecule has 0 unspecified atom stereocenters. The van der Waals surface area contributed by atoms with Crippen molar-refractivity contribution < 1.29 is 19.1 Å². The van der Waals surface area contributed by atoms with Crippen LogP contribution in [-0.4, -0.2) is 24.7 Å². The smallest absolute Gasteiger partial charge is 0.224 e. The molecule has 130 valence electrons. The first-order valence-corrected chi connectivity index (χ1v) is 8.19. The van der Waals surface area contributed by atoms with Crippen molar-refractivity contribution in [2.24, 2.45) is 0 Å². The topological polar surface area (TPSA) is 71.7 Å². The predicted molar refractivity (Wildman–Crippen MR) is 95.5 cm³/mol. The number of hydrogen-bond donors (Lipinski definition) is 2. The minimum Gasteiger partial charge on any atom is -0.497 e. The molecule has 2 N–H and O–H groups in total. The van der Waals surface area contributed by atoms with Crippen LogP contribution in [0.15, 0.2) is 53.1 Å². The SMILES string of the molecule is COc1ccc2c(CC(=O)NCCc3ccc(CO)cc3)coc2c1. The van der Waals surface area contributed by atoms with Crippen molar-refractivity contribution in [3.05, 3.63) is 65.4 Å². The number of fused-ring (bicyclic) bond motifs is 1. The van der Waals surface area contributed by atoms with E-state index in [-0.39, 0.29) is 18.9 Å². The van der Waals surface area contributed by atoms with Crippen LogP contribution in [0.3, 0.4) is 0 Å². The maximum absolute atomic E-state index is 12.2. The van der Waals surface area contributed by atoms with Gasteiger partial charge in [-0.1, -0.05) is 24.3 Å². The summed E-state index contributed by atoms with van der Waals surface area (Å²) in [5.41, 5.74) is 3.59. The summed E-state index contributed by atoms with van der Waals surface area (Å²) in [5, 5.41) is 12.9. The third-order valence-corrected chi connectivity index (χ3v) is 4.16. The highest BCUT2D eigenvalue weighted by atomic mass is 16.5. The van der Waals surface area contributed by atoms with Crippen molar-refractivity contribution in [2.75, 3.05) is 13.7 Å². The van der Waals surface area contributed by atoms with Crippen LogP contribution in [0, 0.1) is 0 Å². The van der Waals surface area contributed by atoms with Crippen molar-refractivity contribution in [1.82, 2.24) is 5.32 Å². The molecular weight excluding hydrogens is 318 g/mol. The molecule has 0 aliphatic rings. The quantitative estimate of drug-likeness (QED) is 0.694. The summed E-state index contributed by atoms with van der Waals surface area (Å²) in [7, 11) is 1.61. The third kappa shape index (κ3) is 4.19. The molecule has 1 amide bonds. The van der Waals surface area contributed by atoms with Crippen LogP contribution >= 0.6 is 0 Å². The van der Waals surface area contributed by atoms with Crippen LogP contribution in [-0.2, 0) is 24.2 Å². The average molecular weight is 339 g/mol. The van der Waals surface area contributed by atoms with Gasteiger partial charge in [-0.2, -0.15) is 0 Å². The fourth-order valence-electron chi connectivity index (χ4n) is 2.72. The van der Waals surface area contributed by atoms with E-state index >= 15 is 0 Å². The number of aliphatic hydroxyl groups is 1. The summed E-state index contributed by atoms with van der Waals surface area (Å²) >= 11 is 0. The Bertz CT molecular complexity index is 852. The largest absolute Gasteiger partial charge is 0.497 e. The van der Waals surface area contributed by atoms with E-state index in [0.717, 1.165) is 34.2 Å². The standard InChI is InChI=1S/C20H21NO4/c1-24-17-6-7-18-16(13-25-19(18)11-17)10-20(23)21-9-8-14-2-4-15(12-22)5-3-14/h2-7,11,13,22H,8-10,12H2,1H3,(H,21,23). The Morgan fingerprint density at radius 3 is 2.64 bits per heavy atom. The van der Waals surface area contributed by atoms with Gasteiger partial charge in [-0.25, -0.2) is 0 Å². The van der Waals surface area contributed by atoms with Gasteiger partial charge in [0.15, 0.2) is 0 Å². The van der Waals surface area contributed by atoms with Crippen molar-refractivity contribution in [2.45, 2.75) is 19.4 Å². The fourth-order valence-corrected chi connectivity index (χ4v) is 2.72. The molecule has 0 spiro atoms. The molecule has 0 radical (unpaired) electrons. The van der Waals surface area contributed by atoms with Crippen molar-refractivity contribution in [3.8, 4) is 5.75 Å². The number of furan rings is 1. The zero-order valence-electron chi connectivity index (χ0n) is 14.1. The zero-order chi connectivity index (χ0) is 17.6. The van der Waals surface area contributed by atoms with Crippen molar-refractivity contribution >= 4 is 16.9 Å². The first kappa shape index (κ1) is 17.0. The number of benzene rings is 2. The lowest BCUT2D eigenvalue weighted by Gasteiger charge is -2.06. The number of ether oxygens (including phenoxy) is 1. The Labute approximate surface area is 146 Å². The molecule has 1 aromatic heterocycles. The molecule has 0 aliphatic heterocycles. The second-order valence-corrected chi connectivity index (χ2v) is 5.87. The van der Waals surface area contributed by atoms with E-state index in [9.17, 15) is 4.79 Å². The summed E-state index contributed by atoms with van der Waals surface area (Å²) in [4.78, 5) is 12.2. The molecule has 25 heavy (non-hydrogen) atoms. The van der Waals surface area contributed by atoms with E-state index in [2.05, 4.69) is 5.32 Å². The minimum atomic E-state index is -0.0366. The number of hydrogen-bond acceptors (Lipinski definition) is 4. The lowest BCUT2D eigenvalue weighted by atomic mass is 10.1. The van der Waals surface area contributed by atoms with Crippen LogP contribution in [0.5, 0.6) is 5.75 Å². The summed E-state index contributed by atoms with van der Waals surface area (Å²) in [5.74, 6) is 0.690. The Morgan fingerprint density at radius 1 is 1.16 bits per heavy atom. The highest BCUT2D eigenvalue weighted by molar-refractivity contribution is 5.88. The van der Waals surface area contributed by atoms with Gasteiger partial charge in [-0.15, -0.1) is 0 Å². The van der Waals surface area contributed by atoms with Gasteiger partial charge < -0.3 is 19.6 Å². The van der Waals surface area contributed by atoms with Crippen LogP contribution < -0.4 is 10.1 Å². The Hall–Kier alpha value is -2.79. The van der Waals surface area contributed by atoms with Crippen LogP contribution in [0.25, 0.3) is 11.0 Å². The van der Waals surface area contributed by atoms with Crippen LogP contribution in [0.2, 0.25) is 0 Å². The first-order chi connectivity index (χ1) is 12.2. The van der Waals surface area contributed by atoms with Crippen LogP contribution in [0.4, 0.5) is 0 Å². The van der Waals surface area contributed by atoms with Crippen molar-refractivity contribution in [1.29, 1.82) is 0 Å². The summed E-state index contributed by atoms with van der Waals surface area (Å²) < 4.78 is 10.7. The van der Waals surface area contributed by atoms with Crippen LogP contribution in [0.1, 0.15) is 16.7 Å². The van der Waals surface area contributed by atoms with Gasteiger partial charge in [0.25, 0.3) is 0 Å². The van der Waals surface area contributed by atoms with Gasteiger partial charge in [0.1, 0.15) is 11.3 Å². The molecule has 0 aliphatic carbocycles. The number of amides is 1. The number of carbonyl (C=O) groups excluding carboxylic acids is 1. The Kier molecular flexibility index (Phi) is 5.36. The van der Waals surface area contributed by atoms with E-state index in [1.807, 2.05) is 42.5 Å². The average Bonchev–Trinajstić information content (AvgIpc) is 3.04. The van der Waals surface area contributed by atoms with E-state index in [4.69, 9.17) is 14.3 Å². The Balaban J connectivity index is 1.53. The maximum atomic E-state index is 12.2. The van der Waals surface area contributed by atoms with Crippen molar-refractivity contribution in [3.63, 3.8) is 0 Å². The number of carbonyl (C=O) groups is 1. The highest BCUT2D eigenvalue weighted by Crippen LogP contribution is 2.25. The summed E-state index contributed by atoms with van der Waals surface area (Å²) in [6.45, 7) is 0.614. The number of rotatable bonds is 7. The van der Waals surface area contributed by atoms with E-state index < -0.39 is 0 Å². The molecule has 1 heterocycles. The van der Waals surface area contributed by atoms with Gasteiger partial charge in [-0.3, -0.25) is 4.79 Å². The van der Waals surface area contributed by atoms with Gasteiger partial charge in [-0.05, 0) is 29.7 Å². The lowest BCUT2D eigenvalue weighted by Crippen LogP contribution is -2.27. The molecule has 2 aromatic carbocycles. The van der Waals surface area contributed by atoms with E-state index in [1.165, 1.54) is 0 Å². The molecule has 0 saturated carbocycles. The molecule has 0 bridgehead atoms. The fraction of sp³-hybridized carbons (Fsp3) is 0.250. The Morgan fingerprint density at radius 2 is 1.92 bits per heavy atom. The zero-order valence-corrected chi connectivity index (χ0v) is 14.1. The first-order valence-electron chi connectivity index (χ1n) is 8.19. The molecular formula is C20H21NO4. The summed E-state index contributed by atoms with van der Waals surface area (Å²) in [6.07, 6.45) is 2.65. The van der Waals surface area contributed by atoms with Gasteiger partial charge in [0.05, 0.1) is 26.4 Å².